The monoisotopic (exact) mass is 490 g/mol. The van der Waals surface area contributed by atoms with Crippen LogP contribution in [0, 0.1) is 0 Å². The van der Waals surface area contributed by atoms with Gasteiger partial charge >= 0.3 is 0 Å². The van der Waals surface area contributed by atoms with E-state index >= 15 is 0 Å². The molecule has 29 heavy (non-hydrogen) atoms. The molecule has 4 nitrogen and oxygen atoms in total. The number of aromatic amines is 1. The molecule has 0 radical (unpaired) electrons. The number of nitrogens with zero attached hydrogens (tertiary/aromatic N) is 1. The summed E-state index contributed by atoms with van der Waals surface area (Å²) in [6, 6.07) is 17.1. The number of nitrogens with one attached hydrogen (secondary N) is 1. The van der Waals surface area contributed by atoms with Crippen molar-refractivity contribution in [2.75, 3.05) is 6.61 Å². The van der Waals surface area contributed by atoms with Crippen molar-refractivity contribution in [2.24, 2.45) is 0 Å². The third kappa shape index (κ3) is 4.22. The van der Waals surface area contributed by atoms with E-state index in [0.717, 1.165) is 32.5 Å². The molecule has 0 aliphatic carbocycles. The topological polar surface area (TPSA) is 47.1 Å². The maximum absolute atomic E-state index is 6.26. The molecule has 0 spiro atoms. The third-order valence-corrected chi connectivity index (χ3v) is 5.69. The predicted molar refractivity (Wildman–Crippen MR) is 121 cm³/mol. The van der Waals surface area contributed by atoms with Gasteiger partial charge in [0.15, 0.2) is 11.5 Å². The van der Waals surface area contributed by atoms with Crippen molar-refractivity contribution in [3.8, 4) is 22.9 Å². The fraction of sp³-hybridized carbons (Fsp3) is 0.136. The van der Waals surface area contributed by atoms with Crippen LogP contribution in [0.15, 0.2) is 59.1 Å². The zero-order valence-corrected chi connectivity index (χ0v) is 18.6. The van der Waals surface area contributed by atoms with E-state index in [1.54, 1.807) is 18.2 Å². The van der Waals surface area contributed by atoms with Gasteiger partial charge in [-0.05, 0) is 59.3 Å². The highest BCUT2D eigenvalue weighted by Crippen LogP contribution is 2.40. The molecule has 1 N–H and O–H groups in total. The summed E-state index contributed by atoms with van der Waals surface area (Å²) in [7, 11) is 0. The molecular weight excluding hydrogens is 475 g/mol. The molecule has 3 aromatic carbocycles. The molecule has 0 atom stereocenters. The van der Waals surface area contributed by atoms with E-state index in [2.05, 4.69) is 25.9 Å². The molecule has 0 fully saturated rings. The second kappa shape index (κ2) is 8.66. The molecule has 1 aromatic heterocycles. The molecule has 4 rings (SSSR count). The lowest BCUT2D eigenvalue weighted by atomic mass is 10.2. The predicted octanol–water partition coefficient (Wildman–Crippen LogP) is 7.28. The van der Waals surface area contributed by atoms with Gasteiger partial charge in [0.2, 0.25) is 0 Å². The number of hydrogen-bond donors (Lipinski definition) is 1. The van der Waals surface area contributed by atoms with Crippen LogP contribution in [0.5, 0.6) is 11.5 Å². The second-order valence-electron chi connectivity index (χ2n) is 6.31. The second-order valence-corrected chi connectivity index (χ2v) is 7.98. The highest BCUT2D eigenvalue weighted by atomic mass is 79.9. The van der Waals surface area contributed by atoms with Gasteiger partial charge in [-0.25, -0.2) is 4.98 Å². The van der Waals surface area contributed by atoms with Gasteiger partial charge < -0.3 is 14.5 Å². The lowest BCUT2D eigenvalue weighted by Gasteiger charge is -2.16. The molecule has 148 valence electrons. The van der Waals surface area contributed by atoms with Gasteiger partial charge in [-0.2, -0.15) is 0 Å². The van der Waals surface area contributed by atoms with Gasteiger partial charge in [-0.15, -0.1) is 0 Å². The van der Waals surface area contributed by atoms with E-state index in [0.29, 0.717) is 28.2 Å². The Kier molecular flexibility index (Phi) is 5.99. The van der Waals surface area contributed by atoms with Gasteiger partial charge in [0, 0.05) is 21.2 Å². The van der Waals surface area contributed by atoms with E-state index in [9.17, 15) is 0 Å². The van der Waals surface area contributed by atoms with Crippen molar-refractivity contribution < 1.29 is 9.47 Å². The normalized spacial score (nSPS) is 11.0. The Morgan fingerprint density at radius 3 is 2.48 bits per heavy atom. The van der Waals surface area contributed by atoms with Gasteiger partial charge in [0.05, 0.1) is 22.1 Å². The minimum absolute atomic E-state index is 0.223. The number of H-pyrrole nitrogens is 1. The maximum atomic E-state index is 6.26. The highest BCUT2D eigenvalue weighted by Gasteiger charge is 2.16. The van der Waals surface area contributed by atoms with Crippen molar-refractivity contribution in [3.05, 3.63) is 74.7 Å². The quantitative estimate of drug-likeness (QED) is 0.308. The Morgan fingerprint density at radius 1 is 1.00 bits per heavy atom. The number of hydrogen-bond acceptors (Lipinski definition) is 3. The van der Waals surface area contributed by atoms with Crippen LogP contribution in [0.1, 0.15) is 12.5 Å². The van der Waals surface area contributed by atoms with Crippen LogP contribution >= 0.6 is 39.1 Å². The van der Waals surface area contributed by atoms with Crippen molar-refractivity contribution in [3.63, 3.8) is 0 Å². The van der Waals surface area contributed by atoms with Crippen molar-refractivity contribution in [2.45, 2.75) is 13.5 Å². The van der Waals surface area contributed by atoms with E-state index in [1.165, 1.54) is 0 Å². The van der Waals surface area contributed by atoms with E-state index < -0.39 is 0 Å². The van der Waals surface area contributed by atoms with Gasteiger partial charge in [-0.3, -0.25) is 0 Å². The number of imidazole rings is 1. The first-order chi connectivity index (χ1) is 14.1. The smallest absolute Gasteiger partial charge is 0.175 e. The van der Waals surface area contributed by atoms with Crippen LogP contribution in [-0.4, -0.2) is 16.6 Å². The SMILES string of the molecule is CCOc1cc(-c2nc3ccccc3[nH]2)cc(Br)c1OCc1c(Cl)cccc1Cl. The summed E-state index contributed by atoms with van der Waals surface area (Å²) in [5, 5.41) is 1.12. The van der Waals surface area contributed by atoms with Gasteiger partial charge in [0.25, 0.3) is 0 Å². The minimum Gasteiger partial charge on any atom is -0.490 e. The number of ether oxygens (including phenoxy) is 2. The standard InChI is InChI=1S/C22H17BrCl2N2O2/c1-2-28-20-11-13(22-26-18-8-3-4-9-19(18)27-22)10-15(23)21(20)29-12-14-16(24)6-5-7-17(14)25/h3-11H,2,12H2,1H3,(H,26,27). The van der Waals surface area contributed by atoms with E-state index in [1.807, 2.05) is 43.3 Å². The van der Waals surface area contributed by atoms with Crippen molar-refractivity contribution in [1.29, 1.82) is 0 Å². The van der Waals surface area contributed by atoms with Gasteiger partial charge in [0.1, 0.15) is 12.4 Å². The average Bonchev–Trinajstić information content (AvgIpc) is 3.13. The summed E-state index contributed by atoms with van der Waals surface area (Å²) in [4.78, 5) is 8.00. The zero-order valence-electron chi connectivity index (χ0n) is 15.5. The Morgan fingerprint density at radius 2 is 1.76 bits per heavy atom. The molecule has 0 saturated carbocycles. The highest BCUT2D eigenvalue weighted by molar-refractivity contribution is 9.10. The van der Waals surface area contributed by atoms with E-state index in [-0.39, 0.29) is 6.61 Å². The fourth-order valence-electron chi connectivity index (χ4n) is 3.01. The fourth-order valence-corrected chi connectivity index (χ4v) is 4.07. The lowest BCUT2D eigenvalue weighted by Crippen LogP contribution is -2.02. The summed E-state index contributed by atoms with van der Waals surface area (Å²) in [5.74, 6) is 1.96. The summed E-state index contributed by atoms with van der Waals surface area (Å²) in [6.45, 7) is 2.65. The first kappa shape index (κ1) is 20.1. The molecule has 0 aliphatic heterocycles. The average molecular weight is 492 g/mol. The van der Waals surface area contributed by atoms with E-state index in [4.69, 9.17) is 32.7 Å². The zero-order chi connectivity index (χ0) is 20.4. The third-order valence-electron chi connectivity index (χ3n) is 4.39. The Labute approximate surface area is 186 Å². The number of benzene rings is 3. The van der Waals surface area contributed by atoms with Crippen LogP contribution in [0.25, 0.3) is 22.4 Å². The first-order valence-electron chi connectivity index (χ1n) is 9.04. The number of rotatable bonds is 6. The summed E-state index contributed by atoms with van der Waals surface area (Å²) in [6.07, 6.45) is 0. The van der Waals surface area contributed by atoms with Crippen LogP contribution in [0.3, 0.4) is 0 Å². The summed E-state index contributed by atoms with van der Waals surface area (Å²) < 4.78 is 12.6. The molecule has 0 saturated heterocycles. The molecule has 7 heteroatoms. The largest absolute Gasteiger partial charge is 0.490 e. The lowest BCUT2D eigenvalue weighted by molar-refractivity contribution is 0.268. The van der Waals surface area contributed by atoms with Crippen LogP contribution in [-0.2, 0) is 6.61 Å². The first-order valence-corrected chi connectivity index (χ1v) is 10.6. The summed E-state index contributed by atoms with van der Waals surface area (Å²) in [5.41, 5.74) is 3.50. The van der Waals surface area contributed by atoms with Crippen LogP contribution in [0.4, 0.5) is 0 Å². The molecule has 0 amide bonds. The molecule has 1 heterocycles. The molecule has 0 bridgehead atoms. The van der Waals surface area contributed by atoms with Crippen LogP contribution in [0.2, 0.25) is 10.0 Å². The van der Waals surface area contributed by atoms with Crippen molar-refractivity contribution in [1.82, 2.24) is 9.97 Å². The molecular formula is C22H17BrCl2N2O2. The number of aromatic nitrogens is 2. The number of halogens is 3. The Hall–Kier alpha value is -2.21. The van der Waals surface area contributed by atoms with Gasteiger partial charge in [-0.1, -0.05) is 41.4 Å². The molecule has 0 aliphatic rings. The minimum atomic E-state index is 0.223. The number of para-hydroxylation sites is 2. The Balaban J connectivity index is 1.69. The Bertz CT molecular complexity index is 1120. The van der Waals surface area contributed by atoms with Crippen LogP contribution < -0.4 is 9.47 Å². The van der Waals surface area contributed by atoms with Crippen molar-refractivity contribution >= 4 is 50.2 Å². The maximum Gasteiger partial charge on any atom is 0.175 e. The summed E-state index contributed by atoms with van der Waals surface area (Å²) >= 11 is 16.1. The molecule has 4 aromatic rings. The number of fused-ring (bicyclic) bond motifs is 1. The molecule has 0 unspecified atom stereocenters.